The molecular formula is C41H53N5O9S. The third-order valence-electron chi connectivity index (χ3n) is 9.79. The Hall–Kier alpha value is -5.18. The highest BCUT2D eigenvalue weighted by atomic mass is 32.2. The summed E-state index contributed by atoms with van der Waals surface area (Å²) in [5, 5.41) is 5.28. The summed E-state index contributed by atoms with van der Waals surface area (Å²) in [6.07, 6.45) is 0.345. The summed E-state index contributed by atoms with van der Waals surface area (Å²) in [5.74, 6) is -1.63. The average molecular weight is 792 g/mol. The molecule has 2 aliphatic rings. The number of benzene rings is 2. The van der Waals surface area contributed by atoms with Crippen LogP contribution in [0.25, 0.3) is 22.2 Å². The number of alkyl carbamates (subject to hydrolysis) is 1. The molecule has 2 heterocycles. The fourth-order valence-electron chi connectivity index (χ4n) is 6.73. The predicted octanol–water partition coefficient (Wildman–Crippen LogP) is 5.11. The number of sulfonamides is 1. The predicted molar refractivity (Wildman–Crippen MR) is 212 cm³/mol. The zero-order chi connectivity index (χ0) is 41.2. The lowest BCUT2D eigenvalue weighted by molar-refractivity contribution is -0.141. The molecule has 56 heavy (non-hydrogen) atoms. The molecule has 1 aliphatic heterocycles. The van der Waals surface area contributed by atoms with Gasteiger partial charge in [-0.1, -0.05) is 50.3 Å². The van der Waals surface area contributed by atoms with Crippen molar-refractivity contribution in [2.45, 2.75) is 102 Å². The molecule has 5 rings (SSSR count). The Morgan fingerprint density at radius 1 is 1.05 bits per heavy atom. The number of carbonyl (C=O) groups is 4. The zero-order valence-corrected chi connectivity index (χ0v) is 34.1. The normalized spacial score (nSPS) is 21.3. The molecule has 1 aromatic heterocycles. The first kappa shape index (κ1) is 42.0. The van der Waals surface area contributed by atoms with Gasteiger partial charge in [0.1, 0.15) is 40.8 Å². The van der Waals surface area contributed by atoms with Crippen LogP contribution in [0.4, 0.5) is 4.79 Å². The third-order valence-corrected chi connectivity index (χ3v) is 11.5. The minimum absolute atomic E-state index is 0.0137. The molecule has 1 saturated carbocycles. The van der Waals surface area contributed by atoms with E-state index in [1.807, 2.05) is 56.3 Å². The van der Waals surface area contributed by atoms with Crippen LogP contribution in [-0.4, -0.2) is 90.3 Å². The number of rotatable bonds is 14. The van der Waals surface area contributed by atoms with E-state index in [1.54, 1.807) is 40.0 Å². The van der Waals surface area contributed by atoms with Crippen molar-refractivity contribution in [1.82, 2.24) is 25.2 Å². The Morgan fingerprint density at radius 3 is 2.34 bits per heavy atom. The lowest BCUT2D eigenvalue weighted by atomic mass is 10.0. The molecule has 0 bridgehead atoms. The number of pyridine rings is 1. The van der Waals surface area contributed by atoms with Crippen LogP contribution >= 0.6 is 0 Å². The molecule has 3 aromatic rings. The van der Waals surface area contributed by atoms with Crippen molar-refractivity contribution in [3.63, 3.8) is 0 Å². The Bertz CT molecular complexity index is 2080. The van der Waals surface area contributed by atoms with E-state index < -0.39 is 74.3 Å². The summed E-state index contributed by atoms with van der Waals surface area (Å²) >= 11 is 0. The topological polar surface area (TPSA) is 182 Å². The lowest BCUT2D eigenvalue weighted by Crippen LogP contribution is -2.58. The number of amides is 4. The van der Waals surface area contributed by atoms with Gasteiger partial charge >= 0.3 is 6.09 Å². The van der Waals surface area contributed by atoms with Crippen molar-refractivity contribution in [2.75, 3.05) is 13.7 Å². The number of fused-ring (bicyclic) bond motifs is 1. The van der Waals surface area contributed by atoms with E-state index in [9.17, 15) is 27.6 Å². The zero-order valence-electron chi connectivity index (χ0n) is 33.3. The minimum atomic E-state index is -4.02. The largest absolute Gasteiger partial charge is 0.497 e. The van der Waals surface area contributed by atoms with Crippen LogP contribution in [0, 0.1) is 11.8 Å². The quantitative estimate of drug-likeness (QED) is 0.186. The summed E-state index contributed by atoms with van der Waals surface area (Å²) in [5.41, 5.74) is -0.339. The van der Waals surface area contributed by atoms with E-state index in [0.717, 1.165) is 5.56 Å². The average Bonchev–Trinajstić information content (AvgIpc) is 3.68. The smallest absolute Gasteiger partial charge is 0.408 e. The van der Waals surface area contributed by atoms with Crippen LogP contribution in [0.3, 0.4) is 0 Å². The molecule has 3 N–H and O–H groups in total. The second kappa shape index (κ2) is 16.5. The molecule has 15 heteroatoms. The second-order valence-corrected chi connectivity index (χ2v) is 18.3. The van der Waals surface area contributed by atoms with Crippen molar-refractivity contribution < 1.29 is 41.8 Å². The van der Waals surface area contributed by atoms with Gasteiger partial charge in [-0.2, -0.15) is 0 Å². The Morgan fingerprint density at radius 2 is 1.75 bits per heavy atom. The minimum Gasteiger partial charge on any atom is -0.497 e. The fraction of sp³-hybridized carbons (Fsp3) is 0.488. The molecule has 1 saturated heterocycles. The highest BCUT2D eigenvalue weighted by Gasteiger charge is 2.61. The first-order valence-corrected chi connectivity index (χ1v) is 20.3. The van der Waals surface area contributed by atoms with Gasteiger partial charge in [-0.3, -0.25) is 19.1 Å². The molecule has 2 fully saturated rings. The second-order valence-electron chi connectivity index (χ2n) is 16.1. The summed E-state index contributed by atoms with van der Waals surface area (Å²) in [6.45, 7) is 15.5. The first-order valence-electron chi connectivity index (χ1n) is 18.8. The highest BCUT2D eigenvalue weighted by molar-refractivity contribution is 7.90. The number of nitrogens with zero attached hydrogens (tertiary/aromatic N) is 2. The maximum absolute atomic E-state index is 14.5. The number of methoxy groups -OCH3 is 1. The number of nitrogens with one attached hydrogen (secondary N) is 3. The van der Waals surface area contributed by atoms with Gasteiger partial charge in [0.25, 0.3) is 5.91 Å². The van der Waals surface area contributed by atoms with E-state index in [0.29, 0.717) is 28.1 Å². The van der Waals surface area contributed by atoms with Gasteiger partial charge in [0, 0.05) is 35.4 Å². The number of hydrogen-bond donors (Lipinski definition) is 3. The van der Waals surface area contributed by atoms with E-state index in [4.69, 9.17) is 19.2 Å². The van der Waals surface area contributed by atoms with Crippen LogP contribution in [0.15, 0.2) is 67.3 Å². The van der Waals surface area contributed by atoms with Crippen molar-refractivity contribution >= 4 is 44.7 Å². The molecule has 1 unspecified atom stereocenters. The van der Waals surface area contributed by atoms with Crippen LogP contribution < -0.4 is 24.8 Å². The summed E-state index contributed by atoms with van der Waals surface area (Å²) in [7, 11) is -2.46. The number of ether oxygens (including phenoxy) is 3. The summed E-state index contributed by atoms with van der Waals surface area (Å²) in [6, 6.07) is 14.5. The maximum atomic E-state index is 14.5. The van der Waals surface area contributed by atoms with Gasteiger partial charge in [0.05, 0.1) is 30.1 Å². The number of hydrogen-bond acceptors (Lipinski definition) is 10. The Labute approximate surface area is 328 Å². The van der Waals surface area contributed by atoms with Gasteiger partial charge in [-0.25, -0.2) is 18.2 Å². The van der Waals surface area contributed by atoms with E-state index in [1.165, 1.54) is 24.8 Å². The monoisotopic (exact) mass is 791 g/mol. The SMILES string of the molecule is C=CC1C[C@]1(NC(=O)[C@@H]1C[C@@H](Oc2cc(-c3ccccc3)nc3cc(OC)ccc23)CN1C(=O)[C@H](CC(C)C)NC(=O)OC(C)(C)C)C(=O)NS(=O)(=O)C(C)C. The van der Waals surface area contributed by atoms with Gasteiger partial charge in [0.15, 0.2) is 0 Å². The van der Waals surface area contributed by atoms with E-state index >= 15 is 0 Å². The number of likely N-dealkylation sites (tertiary alicyclic amines) is 1. The number of aromatic nitrogens is 1. The van der Waals surface area contributed by atoms with Crippen LogP contribution in [-0.2, 0) is 29.1 Å². The van der Waals surface area contributed by atoms with Crippen LogP contribution in [0.2, 0.25) is 0 Å². The first-order chi connectivity index (χ1) is 26.3. The van der Waals surface area contributed by atoms with Crippen molar-refractivity contribution in [2.24, 2.45) is 11.8 Å². The van der Waals surface area contributed by atoms with Crippen molar-refractivity contribution in [1.29, 1.82) is 0 Å². The highest BCUT2D eigenvalue weighted by Crippen LogP contribution is 2.45. The Balaban J connectivity index is 1.51. The lowest BCUT2D eigenvalue weighted by Gasteiger charge is -2.31. The van der Waals surface area contributed by atoms with Gasteiger partial charge in [0.2, 0.25) is 21.8 Å². The molecule has 1 aliphatic carbocycles. The number of carbonyl (C=O) groups excluding carboxylic acids is 4. The van der Waals surface area contributed by atoms with Gasteiger partial charge < -0.3 is 29.7 Å². The molecular weight excluding hydrogens is 739 g/mol. The molecule has 302 valence electrons. The van der Waals surface area contributed by atoms with E-state index in [-0.39, 0.29) is 31.7 Å². The van der Waals surface area contributed by atoms with Gasteiger partial charge in [-0.05, 0) is 65.5 Å². The summed E-state index contributed by atoms with van der Waals surface area (Å²) in [4.78, 5) is 61.7. The molecule has 5 atom stereocenters. The fourth-order valence-corrected chi connectivity index (χ4v) is 7.41. The van der Waals surface area contributed by atoms with Gasteiger partial charge in [-0.15, -0.1) is 6.58 Å². The third kappa shape index (κ3) is 9.60. The molecule has 0 spiro atoms. The Kier molecular flexibility index (Phi) is 12.4. The van der Waals surface area contributed by atoms with Crippen LogP contribution in [0.1, 0.15) is 67.7 Å². The molecule has 0 radical (unpaired) electrons. The summed E-state index contributed by atoms with van der Waals surface area (Å²) < 4.78 is 45.1. The van der Waals surface area contributed by atoms with Crippen molar-refractivity contribution in [3.8, 4) is 22.8 Å². The molecule has 2 aromatic carbocycles. The standard InChI is InChI=1S/C41H53N5O9S/c1-10-27-22-41(27,38(49)45-56(51,52)25(4)5)44-36(47)34-20-29(23-46(34)37(48)33(18-24(2)3)43-39(50)55-40(6,7)8)54-35-21-31(26-14-12-11-13-15-26)42-32-19-28(53-9)16-17-30(32)35/h10-17,19,21,24-25,27,29,33-34H,1,18,20,22-23H2,2-9H3,(H,43,50)(H,44,47)(H,45,49)/t27?,29-,33+,34+,41-/m1/s1. The maximum Gasteiger partial charge on any atom is 0.408 e. The molecule has 14 nitrogen and oxygen atoms in total. The van der Waals surface area contributed by atoms with Crippen molar-refractivity contribution in [3.05, 3.63) is 67.3 Å². The molecule has 4 amide bonds. The van der Waals surface area contributed by atoms with E-state index in [2.05, 4.69) is 21.9 Å². The van der Waals surface area contributed by atoms with Crippen LogP contribution in [0.5, 0.6) is 11.5 Å².